The Hall–Kier alpha value is -1.71. The molecule has 0 aromatic heterocycles. The topological polar surface area (TPSA) is 26.0 Å². The molecule has 1 aliphatic heterocycles. The first-order chi connectivity index (χ1) is 16.3. The van der Waals surface area contributed by atoms with E-state index in [0.29, 0.717) is 11.3 Å². The summed E-state index contributed by atoms with van der Waals surface area (Å²) < 4.78 is 5.53. The van der Waals surface area contributed by atoms with Gasteiger partial charge in [-0.1, -0.05) is 84.8 Å². The fourth-order valence-corrected chi connectivity index (χ4v) is 8.23. The monoisotopic (exact) mass is 479 g/mol. The van der Waals surface area contributed by atoms with Crippen LogP contribution in [0.1, 0.15) is 32.6 Å². The average Bonchev–Trinajstić information content (AvgIpc) is 3.51. The minimum atomic E-state index is -0.601. The van der Waals surface area contributed by atoms with E-state index in [1.165, 1.54) is 45.1 Å². The molecular weight excluding hydrogens is 443 g/mol. The Morgan fingerprint density at radius 3 is 2.36 bits per heavy atom. The molecule has 0 spiro atoms. The van der Waals surface area contributed by atoms with E-state index in [9.17, 15) is 0 Å². The Morgan fingerprint density at radius 1 is 1.12 bits per heavy atom. The Labute approximate surface area is 204 Å². The van der Waals surface area contributed by atoms with E-state index < -0.39 is 7.92 Å². The molecule has 0 bridgehead atoms. The molecule has 2 aromatic rings. The predicted molar refractivity (Wildman–Crippen MR) is 146 cm³/mol. The Kier molecular flexibility index (Phi) is 8.97. The number of thioether (sulfide) groups is 1. The van der Waals surface area contributed by atoms with Gasteiger partial charge in [-0.2, -0.15) is 11.8 Å². The zero-order chi connectivity index (χ0) is 23.0. The summed E-state index contributed by atoms with van der Waals surface area (Å²) in [6.07, 6.45) is 11.4. The molecule has 0 amide bonds. The van der Waals surface area contributed by atoms with Crippen LogP contribution in [0.3, 0.4) is 0 Å². The first kappa shape index (κ1) is 24.4. The van der Waals surface area contributed by atoms with Gasteiger partial charge in [0.15, 0.2) is 0 Å². The predicted octanol–water partition coefficient (Wildman–Crippen LogP) is 4.52. The third-order valence-corrected chi connectivity index (χ3v) is 10.2. The van der Waals surface area contributed by atoms with Crippen LogP contribution in [-0.4, -0.2) is 43.5 Å². The molecule has 0 saturated carbocycles. The van der Waals surface area contributed by atoms with Crippen LogP contribution in [0, 0.1) is 0 Å². The third kappa shape index (κ3) is 5.69. The number of methoxy groups -OCH3 is 1. The van der Waals surface area contributed by atoms with Gasteiger partial charge >= 0.3 is 0 Å². The molecule has 3 unspecified atom stereocenters. The normalized spacial score (nSPS) is 21.9. The molecular formula is C28H36N2OPS+. The van der Waals surface area contributed by atoms with Crippen molar-refractivity contribution in [3.8, 4) is 0 Å². The van der Waals surface area contributed by atoms with Gasteiger partial charge < -0.3 is 4.74 Å². The van der Waals surface area contributed by atoms with Gasteiger partial charge in [0.1, 0.15) is 24.9 Å². The lowest BCUT2D eigenvalue weighted by atomic mass is 10.1. The maximum Gasteiger partial charge on any atom is 0.135 e. The zero-order valence-electron chi connectivity index (χ0n) is 20.0. The number of benzene rings is 2. The van der Waals surface area contributed by atoms with Crippen LogP contribution in [0.25, 0.3) is 0 Å². The number of ether oxygens (including phenoxy) is 1. The fourth-order valence-electron chi connectivity index (χ4n) is 4.91. The van der Waals surface area contributed by atoms with Crippen molar-refractivity contribution in [2.45, 2.75) is 43.9 Å². The van der Waals surface area contributed by atoms with Crippen molar-refractivity contribution in [1.82, 2.24) is 0 Å². The minimum absolute atomic E-state index is 0.400. The number of hydrogen-bond donors (Lipinski definition) is 1. The molecule has 1 saturated heterocycles. The standard InChI is InChI=1S/C28H35N2OPS/c1-4-27(33-3)28(29-30-20-12-13-22(30)21-31-2)25-18-11-19-26(25)32(23-14-7-5-8-15-23)24-16-9-6-10-17-24/h5-11,14-18,22,27H,4,12-13,19-21H2,1-3H3/p+1/b29-28-. The molecule has 3 nitrogen and oxygen atoms in total. The van der Waals surface area contributed by atoms with E-state index in [1.54, 1.807) is 0 Å². The Balaban J connectivity index is 1.83. The number of nitrogens with one attached hydrogen (secondary N) is 1. The smallest absolute Gasteiger partial charge is 0.135 e. The van der Waals surface area contributed by atoms with E-state index in [4.69, 9.17) is 9.84 Å². The number of hydrogen-bond acceptors (Lipinski definition) is 3. The molecule has 1 aliphatic carbocycles. The summed E-state index contributed by atoms with van der Waals surface area (Å²) in [7, 11) is 1.21. The van der Waals surface area contributed by atoms with Crippen molar-refractivity contribution in [2.75, 3.05) is 26.5 Å². The largest absolute Gasteiger partial charge is 0.378 e. The average molecular weight is 480 g/mol. The van der Waals surface area contributed by atoms with Gasteiger partial charge in [0, 0.05) is 25.5 Å². The quantitative estimate of drug-likeness (QED) is 0.400. The Bertz CT molecular complexity index is 946. The minimum Gasteiger partial charge on any atom is -0.378 e. The molecule has 174 valence electrons. The second-order valence-electron chi connectivity index (χ2n) is 8.64. The number of allylic oxidation sites excluding steroid dienone is 4. The molecule has 4 rings (SSSR count). The first-order valence-electron chi connectivity index (χ1n) is 12.0. The second-order valence-corrected chi connectivity index (χ2v) is 11.9. The van der Waals surface area contributed by atoms with Crippen LogP contribution >= 0.6 is 19.7 Å². The molecule has 1 heterocycles. The lowest BCUT2D eigenvalue weighted by Gasteiger charge is -2.25. The van der Waals surface area contributed by atoms with Crippen molar-refractivity contribution in [1.29, 1.82) is 0 Å². The van der Waals surface area contributed by atoms with Crippen molar-refractivity contribution in [2.24, 2.45) is 5.10 Å². The maximum atomic E-state index is 5.53. The fraction of sp³-hybridized carbons (Fsp3) is 0.393. The van der Waals surface area contributed by atoms with Crippen molar-refractivity contribution in [3.05, 3.63) is 83.7 Å². The maximum absolute atomic E-state index is 5.53. The van der Waals surface area contributed by atoms with Gasteiger partial charge in [-0.05, 0) is 42.9 Å². The number of nitrogens with zero attached hydrogens (tertiary/aromatic N) is 1. The van der Waals surface area contributed by atoms with E-state index in [2.05, 4.69) is 86.0 Å². The third-order valence-electron chi connectivity index (χ3n) is 6.53. The Morgan fingerprint density at radius 2 is 1.79 bits per heavy atom. The van der Waals surface area contributed by atoms with E-state index in [0.717, 1.165) is 26.0 Å². The SMILES string of the molecule is CCC(SC)/C(=N\[NH+]1CCCC1COC)C1=C(P(c2ccccc2)c2ccccc2)CC=C1. The molecule has 1 fully saturated rings. The highest BCUT2D eigenvalue weighted by Gasteiger charge is 2.33. The number of quaternary nitrogens is 1. The van der Waals surface area contributed by atoms with E-state index in [1.807, 2.05) is 18.9 Å². The van der Waals surface area contributed by atoms with Crippen molar-refractivity contribution in [3.63, 3.8) is 0 Å². The van der Waals surface area contributed by atoms with Crippen LogP contribution in [-0.2, 0) is 4.74 Å². The molecule has 0 radical (unpaired) electrons. The lowest BCUT2D eigenvalue weighted by Crippen LogP contribution is -3.10. The van der Waals surface area contributed by atoms with Crippen LogP contribution < -0.4 is 15.6 Å². The molecule has 5 heteroatoms. The van der Waals surface area contributed by atoms with Crippen LogP contribution in [0.2, 0.25) is 0 Å². The molecule has 1 N–H and O–H groups in total. The van der Waals surface area contributed by atoms with Crippen LogP contribution in [0.15, 0.2) is 88.8 Å². The first-order valence-corrected chi connectivity index (χ1v) is 14.7. The summed E-state index contributed by atoms with van der Waals surface area (Å²) in [6.45, 7) is 4.17. The molecule has 33 heavy (non-hydrogen) atoms. The summed E-state index contributed by atoms with van der Waals surface area (Å²) in [4.78, 5) is 0. The summed E-state index contributed by atoms with van der Waals surface area (Å²) in [5.41, 5.74) is 2.66. The highest BCUT2D eigenvalue weighted by molar-refractivity contribution is 8.00. The summed E-state index contributed by atoms with van der Waals surface area (Å²) in [5, 5.41) is 11.6. The van der Waals surface area contributed by atoms with Crippen LogP contribution in [0.4, 0.5) is 0 Å². The van der Waals surface area contributed by atoms with Gasteiger partial charge in [-0.15, -0.1) is 0 Å². The van der Waals surface area contributed by atoms with E-state index >= 15 is 0 Å². The van der Waals surface area contributed by atoms with Crippen molar-refractivity contribution < 1.29 is 9.75 Å². The molecule has 3 atom stereocenters. The summed E-state index contributed by atoms with van der Waals surface area (Å²) >= 11 is 1.93. The molecule has 2 aliphatic rings. The van der Waals surface area contributed by atoms with Gasteiger partial charge in [0.2, 0.25) is 0 Å². The van der Waals surface area contributed by atoms with Crippen molar-refractivity contribution >= 4 is 36.0 Å². The highest BCUT2D eigenvalue weighted by atomic mass is 32.2. The van der Waals surface area contributed by atoms with Gasteiger partial charge in [0.25, 0.3) is 0 Å². The zero-order valence-corrected chi connectivity index (χ0v) is 21.7. The number of rotatable bonds is 10. The van der Waals surface area contributed by atoms with Gasteiger partial charge in [-0.3, -0.25) is 0 Å². The van der Waals surface area contributed by atoms with E-state index in [-0.39, 0.29) is 0 Å². The lowest BCUT2D eigenvalue weighted by molar-refractivity contribution is -0.919. The second kappa shape index (κ2) is 12.1. The molecule has 2 aromatic carbocycles. The van der Waals surface area contributed by atoms with Gasteiger partial charge in [0.05, 0.1) is 5.25 Å². The highest BCUT2D eigenvalue weighted by Crippen LogP contribution is 2.49. The summed E-state index contributed by atoms with van der Waals surface area (Å²) in [6, 6.07) is 22.6. The van der Waals surface area contributed by atoms with Crippen LogP contribution in [0.5, 0.6) is 0 Å². The van der Waals surface area contributed by atoms with Gasteiger partial charge in [-0.25, -0.2) is 5.01 Å². The summed E-state index contributed by atoms with van der Waals surface area (Å²) in [5.74, 6) is 0.